The highest BCUT2D eigenvalue weighted by molar-refractivity contribution is 5.88. The first-order chi connectivity index (χ1) is 13.4. The molecule has 146 valence electrons. The van der Waals surface area contributed by atoms with Crippen molar-refractivity contribution in [3.63, 3.8) is 0 Å². The number of carbonyl (C=O) groups is 1. The van der Waals surface area contributed by atoms with E-state index in [0.717, 1.165) is 5.56 Å². The number of carbonyl (C=O) groups excluding carboxylic acids is 1. The van der Waals surface area contributed by atoms with Gasteiger partial charge in [0.15, 0.2) is 0 Å². The molecule has 0 bridgehead atoms. The van der Waals surface area contributed by atoms with Crippen molar-refractivity contribution < 1.29 is 14.3 Å². The largest absolute Gasteiger partial charge is 0.497 e. The molecule has 1 atom stereocenters. The molecule has 28 heavy (non-hydrogen) atoms. The molecular formula is C21H23N3O4. The number of hydrogen-bond acceptors (Lipinski definition) is 5. The highest BCUT2D eigenvalue weighted by Gasteiger charge is 2.17. The van der Waals surface area contributed by atoms with Gasteiger partial charge in [-0.25, -0.2) is 4.68 Å². The molecule has 7 nitrogen and oxygen atoms in total. The number of benzene rings is 2. The Kier molecular flexibility index (Phi) is 5.63. The Labute approximate surface area is 162 Å². The van der Waals surface area contributed by atoms with Crippen molar-refractivity contribution in [3.05, 3.63) is 64.1 Å². The lowest BCUT2D eigenvalue weighted by Crippen LogP contribution is -2.30. The lowest BCUT2D eigenvalue weighted by atomic mass is 10.1. The summed E-state index contributed by atoms with van der Waals surface area (Å²) in [7, 11) is 4.76. The van der Waals surface area contributed by atoms with Crippen molar-refractivity contribution in [3.8, 4) is 11.5 Å². The van der Waals surface area contributed by atoms with E-state index >= 15 is 0 Å². The van der Waals surface area contributed by atoms with Crippen LogP contribution >= 0.6 is 0 Å². The third-order valence-electron chi connectivity index (χ3n) is 4.64. The molecule has 0 aliphatic rings. The van der Waals surface area contributed by atoms with Crippen molar-refractivity contribution in [2.75, 3.05) is 14.2 Å². The molecule has 1 unspecified atom stereocenters. The van der Waals surface area contributed by atoms with Crippen LogP contribution in [0.1, 0.15) is 24.2 Å². The van der Waals surface area contributed by atoms with E-state index in [2.05, 4.69) is 10.4 Å². The number of ether oxygens (including phenoxy) is 2. The lowest BCUT2D eigenvalue weighted by molar-refractivity contribution is -0.121. The minimum absolute atomic E-state index is 0.0608. The Morgan fingerprint density at radius 1 is 1.14 bits per heavy atom. The summed E-state index contributed by atoms with van der Waals surface area (Å²) in [6, 6.07) is 12.3. The van der Waals surface area contributed by atoms with Gasteiger partial charge in [0.2, 0.25) is 5.91 Å². The first kappa shape index (κ1) is 19.4. The van der Waals surface area contributed by atoms with Crippen LogP contribution in [0.15, 0.2) is 47.3 Å². The summed E-state index contributed by atoms with van der Waals surface area (Å²) in [5.41, 5.74) is 1.18. The van der Waals surface area contributed by atoms with E-state index in [1.807, 2.05) is 19.1 Å². The Bertz CT molecular complexity index is 1070. The SMILES string of the molecule is COc1ccc(OC)c(C(C)NC(=O)Cc2nn(C)c(=O)c3ccccc23)c1. The number of hydrogen-bond donors (Lipinski definition) is 1. The number of rotatable bonds is 6. The second-order valence-corrected chi connectivity index (χ2v) is 6.49. The zero-order chi connectivity index (χ0) is 20.3. The van der Waals surface area contributed by atoms with Gasteiger partial charge in [-0.15, -0.1) is 0 Å². The molecule has 0 aliphatic carbocycles. The molecule has 1 heterocycles. The van der Waals surface area contributed by atoms with Gasteiger partial charge >= 0.3 is 0 Å². The third kappa shape index (κ3) is 3.83. The third-order valence-corrected chi connectivity index (χ3v) is 4.64. The normalized spacial score (nSPS) is 11.9. The van der Waals surface area contributed by atoms with E-state index in [9.17, 15) is 9.59 Å². The summed E-state index contributed by atoms with van der Waals surface area (Å²) in [6.07, 6.45) is 0.0608. The number of fused-ring (bicyclic) bond motifs is 1. The average molecular weight is 381 g/mol. The maximum absolute atomic E-state index is 12.7. The lowest BCUT2D eigenvalue weighted by Gasteiger charge is -2.18. The Morgan fingerprint density at radius 3 is 2.54 bits per heavy atom. The summed E-state index contributed by atoms with van der Waals surface area (Å²) in [5.74, 6) is 1.15. The first-order valence-corrected chi connectivity index (χ1v) is 8.90. The molecule has 3 aromatic rings. The molecule has 0 radical (unpaired) electrons. The standard InChI is InChI=1S/C21H23N3O4/c1-13(17-11-14(27-3)9-10-19(17)28-4)22-20(25)12-18-15-7-5-6-8-16(15)21(26)24(2)23-18/h5-11,13H,12H2,1-4H3,(H,22,25). The second kappa shape index (κ2) is 8.12. The zero-order valence-corrected chi connectivity index (χ0v) is 16.4. The summed E-state index contributed by atoms with van der Waals surface area (Å²) in [5, 5.41) is 8.48. The Morgan fingerprint density at radius 2 is 1.86 bits per heavy atom. The van der Waals surface area contributed by atoms with E-state index in [0.29, 0.717) is 28.0 Å². The summed E-state index contributed by atoms with van der Waals surface area (Å²) in [4.78, 5) is 24.9. The van der Waals surface area contributed by atoms with Crippen LogP contribution in [0.4, 0.5) is 0 Å². The van der Waals surface area contributed by atoms with Crippen molar-refractivity contribution >= 4 is 16.7 Å². The Hall–Kier alpha value is -3.35. The molecule has 0 saturated carbocycles. The monoisotopic (exact) mass is 381 g/mol. The Balaban J connectivity index is 1.85. The molecule has 0 fully saturated rings. The summed E-state index contributed by atoms with van der Waals surface area (Å²) >= 11 is 0. The first-order valence-electron chi connectivity index (χ1n) is 8.90. The molecule has 0 spiro atoms. The quantitative estimate of drug-likeness (QED) is 0.709. The number of amides is 1. The van der Waals surface area contributed by atoms with Crippen LogP contribution in [0.25, 0.3) is 10.8 Å². The summed E-state index contributed by atoms with van der Waals surface area (Å²) in [6.45, 7) is 1.88. The molecule has 1 aromatic heterocycles. The number of nitrogens with one attached hydrogen (secondary N) is 1. The molecule has 0 aliphatic heterocycles. The van der Waals surface area contributed by atoms with Crippen LogP contribution in [0, 0.1) is 0 Å². The fraction of sp³-hybridized carbons (Fsp3) is 0.286. The van der Waals surface area contributed by atoms with Crippen LogP contribution in [0.5, 0.6) is 11.5 Å². The molecule has 0 saturated heterocycles. The van der Waals surface area contributed by atoms with E-state index in [1.165, 1.54) is 4.68 Å². The highest BCUT2D eigenvalue weighted by atomic mass is 16.5. The molecule has 1 N–H and O–H groups in total. The van der Waals surface area contributed by atoms with Gasteiger partial charge in [0.05, 0.1) is 37.8 Å². The number of nitrogens with zero attached hydrogens (tertiary/aromatic N) is 2. The van der Waals surface area contributed by atoms with E-state index in [1.54, 1.807) is 51.6 Å². The molecule has 3 rings (SSSR count). The maximum atomic E-state index is 12.7. The number of aromatic nitrogens is 2. The molecule has 7 heteroatoms. The minimum Gasteiger partial charge on any atom is -0.497 e. The number of methoxy groups -OCH3 is 2. The van der Waals surface area contributed by atoms with Gasteiger partial charge in [0.25, 0.3) is 5.56 Å². The van der Waals surface area contributed by atoms with Crippen LogP contribution < -0.4 is 20.3 Å². The van der Waals surface area contributed by atoms with Crippen molar-refractivity contribution in [2.24, 2.45) is 7.05 Å². The zero-order valence-electron chi connectivity index (χ0n) is 16.4. The minimum atomic E-state index is -0.295. The van der Waals surface area contributed by atoms with Crippen LogP contribution in [-0.4, -0.2) is 29.9 Å². The average Bonchev–Trinajstić information content (AvgIpc) is 2.71. The maximum Gasteiger partial charge on any atom is 0.274 e. The van der Waals surface area contributed by atoms with Crippen LogP contribution in [-0.2, 0) is 18.3 Å². The van der Waals surface area contributed by atoms with Gasteiger partial charge in [-0.1, -0.05) is 18.2 Å². The predicted octanol–water partition coefficient (Wildman–Crippen LogP) is 2.37. The van der Waals surface area contributed by atoms with Crippen molar-refractivity contribution in [1.82, 2.24) is 15.1 Å². The highest BCUT2D eigenvalue weighted by Crippen LogP contribution is 2.29. The summed E-state index contributed by atoms with van der Waals surface area (Å²) < 4.78 is 11.9. The van der Waals surface area contributed by atoms with E-state index < -0.39 is 0 Å². The van der Waals surface area contributed by atoms with Crippen LogP contribution in [0.3, 0.4) is 0 Å². The molecule has 2 aromatic carbocycles. The fourth-order valence-electron chi connectivity index (χ4n) is 3.21. The van der Waals surface area contributed by atoms with Crippen LogP contribution in [0.2, 0.25) is 0 Å². The van der Waals surface area contributed by atoms with Crippen molar-refractivity contribution in [1.29, 1.82) is 0 Å². The fourth-order valence-corrected chi connectivity index (χ4v) is 3.21. The van der Waals surface area contributed by atoms with Crippen molar-refractivity contribution in [2.45, 2.75) is 19.4 Å². The van der Waals surface area contributed by atoms with Gasteiger partial charge in [0, 0.05) is 18.0 Å². The number of aryl methyl sites for hydroxylation is 1. The predicted molar refractivity (Wildman–Crippen MR) is 107 cm³/mol. The smallest absolute Gasteiger partial charge is 0.274 e. The molecule has 1 amide bonds. The van der Waals surface area contributed by atoms with Gasteiger partial charge in [0.1, 0.15) is 11.5 Å². The van der Waals surface area contributed by atoms with Gasteiger partial charge in [-0.05, 0) is 31.2 Å². The second-order valence-electron chi connectivity index (χ2n) is 6.49. The van der Waals surface area contributed by atoms with Gasteiger partial charge in [-0.2, -0.15) is 5.10 Å². The van der Waals surface area contributed by atoms with E-state index in [-0.39, 0.29) is 23.9 Å². The molecular weight excluding hydrogens is 358 g/mol. The van der Waals surface area contributed by atoms with E-state index in [4.69, 9.17) is 9.47 Å². The van der Waals surface area contributed by atoms with Gasteiger partial charge in [-0.3, -0.25) is 9.59 Å². The topological polar surface area (TPSA) is 82.4 Å². The van der Waals surface area contributed by atoms with Gasteiger partial charge < -0.3 is 14.8 Å².